The van der Waals surface area contributed by atoms with Crippen molar-refractivity contribution >= 4 is 11.9 Å². The van der Waals surface area contributed by atoms with Crippen molar-refractivity contribution in [2.45, 2.75) is 44.4 Å². The molecule has 2 heterocycles. The summed E-state index contributed by atoms with van der Waals surface area (Å²) in [4.78, 5) is 11.0. The lowest BCUT2D eigenvalue weighted by atomic mass is 9.64. The standard InChI is InChI=1S/C24H32N6O/c1-26-11-7-20(25)17-5-6-19(22(31)14-17)21-16-27-23(29-28-21)18-4-3-8-24(15-18)9-12-30(2)13-10-24/h5-7,11,14,16,18,31H,3-4,8-10,12-13,15,25H2,1-2H3/b20-7-,26-11?. The number of phenols is 1. The van der Waals surface area contributed by atoms with Crippen LogP contribution in [0, 0.1) is 5.41 Å². The third kappa shape index (κ3) is 4.77. The van der Waals surface area contributed by atoms with Crippen LogP contribution in [0.5, 0.6) is 5.75 Å². The molecule has 7 nitrogen and oxygen atoms in total. The molecule has 1 saturated heterocycles. The van der Waals surface area contributed by atoms with E-state index in [1.165, 1.54) is 38.8 Å². The summed E-state index contributed by atoms with van der Waals surface area (Å²) in [7, 11) is 3.89. The largest absolute Gasteiger partial charge is 0.507 e. The van der Waals surface area contributed by atoms with E-state index in [9.17, 15) is 5.11 Å². The molecule has 1 spiro atoms. The van der Waals surface area contributed by atoms with Gasteiger partial charge in [-0.15, -0.1) is 10.2 Å². The van der Waals surface area contributed by atoms with E-state index in [4.69, 9.17) is 5.73 Å². The van der Waals surface area contributed by atoms with Gasteiger partial charge in [-0.1, -0.05) is 12.5 Å². The molecule has 0 radical (unpaired) electrons. The van der Waals surface area contributed by atoms with Gasteiger partial charge in [0.15, 0.2) is 5.82 Å². The lowest BCUT2D eigenvalue weighted by Gasteiger charge is -2.45. The van der Waals surface area contributed by atoms with Crippen molar-refractivity contribution < 1.29 is 5.11 Å². The third-order valence-corrected chi connectivity index (χ3v) is 6.94. The number of likely N-dealkylation sites (tertiary alicyclic amines) is 1. The Morgan fingerprint density at radius 3 is 2.74 bits per heavy atom. The molecule has 7 heteroatoms. The monoisotopic (exact) mass is 420 g/mol. The molecule has 1 aliphatic heterocycles. The lowest BCUT2D eigenvalue weighted by molar-refractivity contribution is 0.0696. The van der Waals surface area contributed by atoms with Gasteiger partial charge in [0, 0.05) is 36.0 Å². The zero-order chi connectivity index (χ0) is 21.8. The Kier molecular flexibility index (Phi) is 6.32. The molecule has 164 valence electrons. The van der Waals surface area contributed by atoms with Crippen molar-refractivity contribution in [2.24, 2.45) is 16.1 Å². The van der Waals surface area contributed by atoms with Crippen molar-refractivity contribution in [1.29, 1.82) is 0 Å². The van der Waals surface area contributed by atoms with Gasteiger partial charge in [0.2, 0.25) is 0 Å². The van der Waals surface area contributed by atoms with E-state index in [0.717, 1.165) is 24.2 Å². The molecular formula is C24H32N6O. The molecule has 1 unspecified atom stereocenters. The Morgan fingerprint density at radius 1 is 1.26 bits per heavy atom. The van der Waals surface area contributed by atoms with E-state index in [2.05, 4.69) is 32.1 Å². The van der Waals surface area contributed by atoms with Gasteiger partial charge in [-0.25, -0.2) is 4.98 Å². The van der Waals surface area contributed by atoms with Gasteiger partial charge in [0.05, 0.1) is 6.20 Å². The quantitative estimate of drug-likeness (QED) is 0.733. The number of benzene rings is 1. The first-order valence-corrected chi connectivity index (χ1v) is 11.1. The SMILES string of the molecule is CN=C/C=C(\N)c1ccc(-c2cnc(C3CCCC4(CCN(C)CC4)C3)nn2)c(O)c1. The average Bonchev–Trinajstić information content (AvgIpc) is 2.80. The van der Waals surface area contributed by atoms with Crippen LogP contribution in [0.1, 0.15) is 55.8 Å². The van der Waals surface area contributed by atoms with Crippen LogP contribution in [0.25, 0.3) is 17.0 Å². The van der Waals surface area contributed by atoms with Crippen LogP contribution >= 0.6 is 0 Å². The summed E-state index contributed by atoms with van der Waals surface area (Å²) in [5.41, 5.74) is 8.89. The Hall–Kier alpha value is -2.80. The second-order valence-electron chi connectivity index (χ2n) is 9.06. The highest BCUT2D eigenvalue weighted by Gasteiger charge is 2.39. The highest BCUT2D eigenvalue weighted by Crippen LogP contribution is 2.49. The van der Waals surface area contributed by atoms with Crippen LogP contribution in [-0.2, 0) is 0 Å². The molecule has 1 aromatic heterocycles. The van der Waals surface area contributed by atoms with Crippen molar-refractivity contribution in [1.82, 2.24) is 20.1 Å². The fourth-order valence-electron chi connectivity index (χ4n) is 4.99. The fourth-order valence-corrected chi connectivity index (χ4v) is 4.99. The summed E-state index contributed by atoms with van der Waals surface area (Å²) >= 11 is 0. The first-order valence-electron chi connectivity index (χ1n) is 11.1. The summed E-state index contributed by atoms with van der Waals surface area (Å²) in [5, 5.41) is 19.4. The Balaban J connectivity index is 1.49. The fraction of sp³-hybridized carbons (Fsp3) is 0.500. The van der Waals surface area contributed by atoms with Crippen LogP contribution in [0.2, 0.25) is 0 Å². The number of hydrogen-bond acceptors (Lipinski definition) is 7. The molecule has 2 aromatic rings. The van der Waals surface area contributed by atoms with Gasteiger partial charge in [0.1, 0.15) is 11.4 Å². The molecule has 1 atom stereocenters. The molecule has 31 heavy (non-hydrogen) atoms. The molecule has 1 aromatic carbocycles. The smallest absolute Gasteiger partial charge is 0.154 e. The topological polar surface area (TPSA) is 101 Å². The van der Waals surface area contributed by atoms with Crippen LogP contribution in [0.3, 0.4) is 0 Å². The van der Waals surface area contributed by atoms with Crippen molar-refractivity contribution in [3.63, 3.8) is 0 Å². The van der Waals surface area contributed by atoms with Crippen molar-refractivity contribution in [3.05, 3.63) is 41.9 Å². The summed E-state index contributed by atoms with van der Waals surface area (Å²) in [6.45, 7) is 2.37. The molecule has 1 saturated carbocycles. The van der Waals surface area contributed by atoms with E-state index in [1.54, 1.807) is 37.7 Å². The van der Waals surface area contributed by atoms with Gasteiger partial charge in [-0.05, 0) is 75.9 Å². The number of rotatable bonds is 4. The summed E-state index contributed by atoms with van der Waals surface area (Å²) in [5.74, 6) is 1.32. The molecule has 0 amide bonds. The predicted molar refractivity (Wildman–Crippen MR) is 124 cm³/mol. The van der Waals surface area contributed by atoms with Gasteiger partial charge in [-0.3, -0.25) is 4.99 Å². The third-order valence-electron chi connectivity index (χ3n) is 6.94. The highest BCUT2D eigenvalue weighted by atomic mass is 16.3. The molecule has 2 fully saturated rings. The van der Waals surface area contributed by atoms with E-state index in [-0.39, 0.29) is 5.75 Å². The molecular weight excluding hydrogens is 388 g/mol. The zero-order valence-corrected chi connectivity index (χ0v) is 18.5. The minimum atomic E-state index is 0.106. The Bertz CT molecular complexity index is 961. The molecule has 1 aliphatic carbocycles. The molecule has 2 aliphatic rings. The Morgan fingerprint density at radius 2 is 2.06 bits per heavy atom. The van der Waals surface area contributed by atoms with E-state index >= 15 is 0 Å². The van der Waals surface area contributed by atoms with Crippen molar-refractivity contribution in [3.8, 4) is 17.0 Å². The number of hydrogen-bond donors (Lipinski definition) is 2. The number of allylic oxidation sites excluding steroid dienone is 1. The van der Waals surface area contributed by atoms with E-state index in [1.807, 2.05) is 6.07 Å². The van der Waals surface area contributed by atoms with Crippen LogP contribution in [-0.4, -0.2) is 58.6 Å². The maximum Gasteiger partial charge on any atom is 0.154 e. The van der Waals surface area contributed by atoms with E-state index < -0.39 is 0 Å². The van der Waals surface area contributed by atoms with Gasteiger partial charge in [0.25, 0.3) is 0 Å². The molecule has 0 bridgehead atoms. The normalized spacial score (nSPS) is 22.3. The van der Waals surface area contributed by atoms with Gasteiger partial charge in [-0.2, -0.15) is 0 Å². The maximum atomic E-state index is 10.5. The number of aromatic nitrogens is 3. The maximum absolute atomic E-state index is 10.5. The van der Waals surface area contributed by atoms with Gasteiger partial charge < -0.3 is 15.7 Å². The minimum Gasteiger partial charge on any atom is -0.507 e. The minimum absolute atomic E-state index is 0.106. The van der Waals surface area contributed by atoms with Crippen molar-refractivity contribution in [2.75, 3.05) is 27.2 Å². The second kappa shape index (κ2) is 9.14. The average molecular weight is 421 g/mol. The molecule has 4 rings (SSSR count). The van der Waals surface area contributed by atoms with E-state index in [0.29, 0.717) is 28.3 Å². The number of aromatic hydroxyl groups is 1. The van der Waals surface area contributed by atoms with Gasteiger partial charge >= 0.3 is 0 Å². The number of phenolic OH excluding ortho intramolecular Hbond substituents is 1. The zero-order valence-electron chi connectivity index (χ0n) is 18.5. The number of nitrogens with zero attached hydrogens (tertiary/aromatic N) is 5. The number of nitrogens with two attached hydrogens (primary N) is 1. The second-order valence-corrected chi connectivity index (χ2v) is 9.06. The number of aliphatic imine (C=N–C) groups is 1. The molecule has 3 N–H and O–H groups in total. The lowest BCUT2D eigenvalue weighted by Crippen LogP contribution is -2.40. The predicted octanol–water partition coefficient (Wildman–Crippen LogP) is 3.61. The van der Waals surface area contributed by atoms with Crippen LogP contribution < -0.4 is 5.73 Å². The summed E-state index contributed by atoms with van der Waals surface area (Å²) < 4.78 is 0. The summed E-state index contributed by atoms with van der Waals surface area (Å²) in [6, 6.07) is 5.28. The Labute approximate surface area is 184 Å². The first-order chi connectivity index (χ1) is 15.0. The van der Waals surface area contributed by atoms with Crippen LogP contribution in [0.4, 0.5) is 0 Å². The summed E-state index contributed by atoms with van der Waals surface area (Å²) in [6.07, 6.45) is 12.4. The highest BCUT2D eigenvalue weighted by molar-refractivity contribution is 5.84. The number of piperidine rings is 1. The van der Waals surface area contributed by atoms with Crippen LogP contribution in [0.15, 0.2) is 35.5 Å². The first kappa shape index (κ1) is 21.4.